The van der Waals surface area contributed by atoms with Gasteiger partial charge in [0.25, 0.3) is 5.91 Å². The lowest BCUT2D eigenvalue weighted by atomic mass is 10.2. The quantitative estimate of drug-likeness (QED) is 0.608. The van der Waals surface area contributed by atoms with Gasteiger partial charge in [0.15, 0.2) is 0 Å². The second-order valence-corrected chi connectivity index (χ2v) is 5.60. The van der Waals surface area contributed by atoms with E-state index in [-0.39, 0.29) is 5.91 Å². The number of aryl methyl sites for hydroxylation is 1. The van der Waals surface area contributed by atoms with Crippen LogP contribution in [0.25, 0.3) is 16.7 Å². The summed E-state index contributed by atoms with van der Waals surface area (Å²) in [5.41, 5.74) is 3.26. The first-order valence-electron chi connectivity index (χ1n) is 7.54. The van der Waals surface area contributed by atoms with Crippen LogP contribution in [0, 0.1) is 6.92 Å². The third-order valence-corrected chi connectivity index (χ3v) is 3.80. The summed E-state index contributed by atoms with van der Waals surface area (Å²) in [5.74, 6) is 0.549. The summed E-state index contributed by atoms with van der Waals surface area (Å²) in [6, 6.07) is 11.5. The van der Waals surface area contributed by atoms with E-state index in [4.69, 9.17) is 0 Å². The van der Waals surface area contributed by atoms with E-state index in [2.05, 4.69) is 20.3 Å². The second kappa shape index (κ2) is 5.66. The monoisotopic (exact) mass is 317 g/mol. The van der Waals surface area contributed by atoms with Crippen molar-refractivity contribution in [2.45, 2.75) is 6.92 Å². The highest BCUT2D eigenvalue weighted by Crippen LogP contribution is 2.18. The van der Waals surface area contributed by atoms with Crippen molar-refractivity contribution < 1.29 is 4.79 Å². The van der Waals surface area contributed by atoms with Crippen molar-refractivity contribution in [2.75, 3.05) is 5.32 Å². The van der Waals surface area contributed by atoms with E-state index in [1.165, 1.54) is 0 Å². The molecule has 4 aromatic rings. The van der Waals surface area contributed by atoms with Crippen molar-refractivity contribution in [1.29, 1.82) is 0 Å². The second-order valence-electron chi connectivity index (χ2n) is 5.60. The van der Waals surface area contributed by atoms with E-state index in [0.29, 0.717) is 11.4 Å². The number of nitrogens with one attached hydrogen (secondary N) is 2. The highest BCUT2D eigenvalue weighted by molar-refractivity contribution is 6.05. The lowest BCUT2D eigenvalue weighted by molar-refractivity contribution is 0.102. The smallest absolute Gasteiger partial charge is 0.272 e. The predicted molar refractivity (Wildman–Crippen MR) is 92.3 cm³/mol. The number of aromatic nitrogens is 4. The number of carbonyl (C=O) groups excluding carboxylic acids is 1. The number of benzene rings is 1. The summed E-state index contributed by atoms with van der Waals surface area (Å²) in [6.45, 7) is 2.03. The number of rotatable bonds is 3. The molecule has 0 aliphatic carbocycles. The summed E-state index contributed by atoms with van der Waals surface area (Å²) in [4.78, 5) is 23.8. The molecule has 0 spiro atoms. The summed E-state index contributed by atoms with van der Waals surface area (Å²) in [6.07, 6.45) is 6.80. The van der Waals surface area contributed by atoms with Crippen LogP contribution in [0.1, 0.15) is 16.1 Å². The summed E-state index contributed by atoms with van der Waals surface area (Å²) in [5, 5.41) is 3.87. The predicted octanol–water partition coefficient (Wildman–Crippen LogP) is 3.31. The molecule has 0 unspecified atom stereocenters. The first-order chi connectivity index (χ1) is 11.7. The van der Waals surface area contributed by atoms with Crippen LogP contribution in [-0.4, -0.2) is 25.4 Å². The number of fused-ring (bicyclic) bond motifs is 1. The van der Waals surface area contributed by atoms with Crippen LogP contribution < -0.4 is 5.32 Å². The van der Waals surface area contributed by atoms with E-state index in [9.17, 15) is 4.79 Å². The van der Waals surface area contributed by atoms with Crippen LogP contribution in [0.2, 0.25) is 0 Å². The van der Waals surface area contributed by atoms with Crippen molar-refractivity contribution in [3.05, 3.63) is 72.6 Å². The molecule has 0 bridgehead atoms. The minimum absolute atomic E-state index is 0.193. The number of pyridine rings is 1. The molecule has 0 saturated heterocycles. The largest absolute Gasteiger partial charge is 0.351 e. The Bertz CT molecular complexity index is 1000. The third-order valence-electron chi connectivity index (χ3n) is 3.80. The molecular formula is C18H15N5O. The fourth-order valence-corrected chi connectivity index (χ4v) is 2.58. The Labute approximate surface area is 138 Å². The molecule has 6 nitrogen and oxygen atoms in total. The van der Waals surface area contributed by atoms with E-state index >= 15 is 0 Å². The summed E-state index contributed by atoms with van der Waals surface area (Å²) >= 11 is 0. The molecule has 4 rings (SSSR count). The Balaban J connectivity index is 1.54. The van der Waals surface area contributed by atoms with Crippen LogP contribution in [-0.2, 0) is 0 Å². The van der Waals surface area contributed by atoms with Gasteiger partial charge in [0.05, 0.1) is 11.9 Å². The van der Waals surface area contributed by atoms with Gasteiger partial charge in [0.2, 0.25) is 0 Å². The number of hydrogen-bond acceptors (Lipinski definition) is 3. The van der Waals surface area contributed by atoms with Gasteiger partial charge in [-0.2, -0.15) is 0 Å². The molecule has 1 aromatic carbocycles. The van der Waals surface area contributed by atoms with Crippen LogP contribution in [0.3, 0.4) is 0 Å². The van der Waals surface area contributed by atoms with Gasteiger partial charge in [-0.1, -0.05) is 11.6 Å². The molecule has 3 heterocycles. The van der Waals surface area contributed by atoms with E-state index in [0.717, 1.165) is 22.3 Å². The molecule has 3 aromatic heterocycles. The van der Waals surface area contributed by atoms with E-state index in [1.807, 2.05) is 49.5 Å². The minimum atomic E-state index is -0.193. The van der Waals surface area contributed by atoms with Crippen LogP contribution in [0.5, 0.6) is 0 Å². The first-order valence-corrected chi connectivity index (χ1v) is 7.54. The number of amides is 1. The van der Waals surface area contributed by atoms with Crippen molar-refractivity contribution >= 4 is 22.5 Å². The molecule has 0 aliphatic heterocycles. The molecule has 24 heavy (non-hydrogen) atoms. The number of carbonyl (C=O) groups is 1. The van der Waals surface area contributed by atoms with Gasteiger partial charge in [-0.15, -0.1) is 0 Å². The third kappa shape index (κ3) is 2.65. The SMILES string of the molecule is Cc1ccc2[nH]c(C(=O)Nc3ccc(-n4ccnc4)nc3)cc2c1. The molecule has 0 aliphatic rings. The van der Waals surface area contributed by atoms with Gasteiger partial charge < -0.3 is 10.3 Å². The maximum atomic E-state index is 12.4. The standard InChI is InChI=1S/C18H15N5O/c1-12-2-4-15-13(8-12)9-16(22-15)18(24)21-14-3-5-17(20-10-14)23-7-6-19-11-23/h2-11,22H,1H3,(H,21,24). The van der Waals surface area contributed by atoms with E-state index < -0.39 is 0 Å². The van der Waals surface area contributed by atoms with Crippen LogP contribution >= 0.6 is 0 Å². The Morgan fingerprint density at radius 1 is 1.21 bits per heavy atom. The molecule has 0 radical (unpaired) electrons. The number of imidazole rings is 1. The Kier molecular flexibility index (Phi) is 3.35. The lowest BCUT2D eigenvalue weighted by Crippen LogP contribution is -2.12. The minimum Gasteiger partial charge on any atom is -0.351 e. The number of H-pyrrole nitrogens is 1. The highest BCUT2D eigenvalue weighted by atomic mass is 16.1. The Hall–Kier alpha value is -3.41. The number of hydrogen-bond donors (Lipinski definition) is 2. The van der Waals surface area contributed by atoms with Crippen molar-refractivity contribution in [3.63, 3.8) is 0 Å². The highest BCUT2D eigenvalue weighted by Gasteiger charge is 2.10. The van der Waals surface area contributed by atoms with Crippen LogP contribution in [0.4, 0.5) is 5.69 Å². The van der Waals surface area contributed by atoms with Gasteiger partial charge in [-0.25, -0.2) is 9.97 Å². The average molecular weight is 317 g/mol. The average Bonchev–Trinajstić information content (AvgIpc) is 3.24. The van der Waals surface area contributed by atoms with Crippen molar-refractivity contribution in [1.82, 2.24) is 19.5 Å². The molecular weight excluding hydrogens is 302 g/mol. The molecule has 0 fully saturated rings. The van der Waals surface area contributed by atoms with Gasteiger partial charge in [0.1, 0.15) is 17.8 Å². The zero-order valence-electron chi connectivity index (χ0n) is 13.0. The van der Waals surface area contributed by atoms with Crippen molar-refractivity contribution in [2.24, 2.45) is 0 Å². The normalized spacial score (nSPS) is 10.9. The zero-order valence-corrected chi connectivity index (χ0v) is 13.0. The molecule has 2 N–H and O–H groups in total. The summed E-state index contributed by atoms with van der Waals surface area (Å²) < 4.78 is 1.80. The van der Waals surface area contributed by atoms with E-state index in [1.54, 1.807) is 23.3 Å². The Morgan fingerprint density at radius 3 is 2.88 bits per heavy atom. The number of anilines is 1. The number of nitrogens with zero attached hydrogens (tertiary/aromatic N) is 3. The maximum Gasteiger partial charge on any atom is 0.272 e. The fraction of sp³-hybridized carbons (Fsp3) is 0.0556. The summed E-state index contributed by atoms with van der Waals surface area (Å²) in [7, 11) is 0. The molecule has 1 amide bonds. The Morgan fingerprint density at radius 2 is 2.12 bits per heavy atom. The van der Waals surface area contributed by atoms with Gasteiger partial charge in [-0.3, -0.25) is 9.36 Å². The van der Waals surface area contributed by atoms with Gasteiger partial charge in [0, 0.05) is 23.3 Å². The van der Waals surface area contributed by atoms with Gasteiger partial charge in [-0.05, 0) is 37.3 Å². The zero-order chi connectivity index (χ0) is 16.5. The molecule has 0 saturated carbocycles. The van der Waals surface area contributed by atoms with Crippen molar-refractivity contribution in [3.8, 4) is 5.82 Å². The topological polar surface area (TPSA) is 75.6 Å². The molecule has 118 valence electrons. The van der Waals surface area contributed by atoms with Gasteiger partial charge >= 0.3 is 0 Å². The maximum absolute atomic E-state index is 12.4. The molecule has 0 atom stereocenters. The number of aromatic amines is 1. The molecule has 6 heteroatoms. The first kappa shape index (κ1) is 14.2. The van der Waals surface area contributed by atoms with Crippen LogP contribution in [0.15, 0.2) is 61.3 Å². The fourth-order valence-electron chi connectivity index (χ4n) is 2.58. The lowest BCUT2D eigenvalue weighted by Gasteiger charge is -2.05.